The normalized spacial score (nSPS) is 22.5. The summed E-state index contributed by atoms with van der Waals surface area (Å²) in [5.74, 6) is 0. The Labute approximate surface area is 104 Å². The molecule has 2 nitrogen and oxygen atoms in total. The SMILES string of the molecule is CN(CC1(c2ccc(N)cc2)CC1)C1CCC1. The standard InChI is InChI=1S/C15H22N2/c1-17(14-3-2-4-14)11-15(9-10-15)12-5-7-13(16)8-6-12/h5-8,14H,2-4,9-11,16H2,1H3. The minimum absolute atomic E-state index is 0.442. The molecule has 92 valence electrons. The first-order valence-corrected chi connectivity index (χ1v) is 6.76. The highest BCUT2D eigenvalue weighted by Gasteiger charge is 2.45. The highest BCUT2D eigenvalue weighted by atomic mass is 15.1. The quantitative estimate of drug-likeness (QED) is 0.806. The van der Waals surface area contributed by atoms with Crippen LogP contribution in [0.5, 0.6) is 0 Å². The number of rotatable bonds is 4. The second kappa shape index (κ2) is 4.02. The zero-order chi connectivity index (χ0) is 11.9. The van der Waals surface area contributed by atoms with Gasteiger partial charge in [0.1, 0.15) is 0 Å². The first-order chi connectivity index (χ1) is 8.20. The number of hydrogen-bond acceptors (Lipinski definition) is 2. The number of anilines is 1. The van der Waals surface area contributed by atoms with Crippen LogP contribution >= 0.6 is 0 Å². The Morgan fingerprint density at radius 3 is 2.35 bits per heavy atom. The molecule has 2 saturated carbocycles. The number of benzene rings is 1. The van der Waals surface area contributed by atoms with Crippen LogP contribution in [0.3, 0.4) is 0 Å². The van der Waals surface area contributed by atoms with E-state index in [0.717, 1.165) is 11.7 Å². The summed E-state index contributed by atoms with van der Waals surface area (Å²) in [4.78, 5) is 2.58. The lowest BCUT2D eigenvalue weighted by Gasteiger charge is -2.37. The van der Waals surface area contributed by atoms with Crippen LogP contribution in [0.25, 0.3) is 0 Å². The van der Waals surface area contributed by atoms with Gasteiger partial charge in [0.05, 0.1) is 0 Å². The molecule has 17 heavy (non-hydrogen) atoms. The second-order valence-electron chi connectivity index (χ2n) is 5.90. The van der Waals surface area contributed by atoms with Crippen molar-refractivity contribution < 1.29 is 0 Å². The van der Waals surface area contributed by atoms with Gasteiger partial charge >= 0.3 is 0 Å². The van der Waals surface area contributed by atoms with Crippen LogP contribution in [0, 0.1) is 0 Å². The fraction of sp³-hybridized carbons (Fsp3) is 0.600. The van der Waals surface area contributed by atoms with E-state index in [1.807, 2.05) is 12.1 Å². The highest BCUT2D eigenvalue weighted by Crippen LogP contribution is 2.49. The van der Waals surface area contributed by atoms with Crippen molar-refractivity contribution in [1.29, 1.82) is 0 Å². The van der Waals surface area contributed by atoms with Crippen molar-refractivity contribution in [3.05, 3.63) is 29.8 Å². The number of nitrogen functional groups attached to an aromatic ring is 1. The van der Waals surface area contributed by atoms with Gasteiger partial charge in [-0.3, -0.25) is 0 Å². The molecule has 0 amide bonds. The van der Waals surface area contributed by atoms with E-state index < -0.39 is 0 Å². The number of hydrogen-bond donors (Lipinski definition) is 1. The van der Waals surface area contributed by atoms with E-state index in [1.54, 1.807) is 0 Å². The summed E-state index contributed by atoms with van der Waals surface area (Å²) in [6.45, 7) is 1.22. The topological polar surface area (TPSA) is 29.3 Å². The molecule has 1 aromatic rings. The van der Waals surface area contributed by atoms with E-state index in [-0.39, 0.29) is 0 Å². The van der Waals surface area contributed by atoms with Gasteiger partial charge in [-0.05, 0) is 50.4 Å². The van der Waals surface area contributed by atoms with Gasteiger partial charge in [0.15, 0.2) is 0 Å². The molecule has 3 rings (SSSR count). The number of likely N-dealkylation sites (N-methyl/N-ethyl adjacent to an activating group) is 1. The summed E-state index contributed by atoms with van der Waals surface area (Å²) >= 11 is 0. The Bertz CT molecular complexity index is 388. The van der Waals surface area contributed by atoms with E-state index in [4.69, 9.17) is 5.73 Å². The van der Waals surface area contributed by atoms with Gasteiger partial charge in [0.25, 0.3) is 0 Å². The number of nitrogens with zero attached hydrogens (tertiary/aromatic N) is 1. The molecule has 2 aliphatic carbocycles. The van der Waals surface area contributed by atoms with Gasteiger partial charge in [0.2, 0.25) is 0 Å². The molecule has 0 unspecified atom stereocenters. The Kier molecular flexibility index (Phi) is 2.62. The zero-order valence-electron chi connectivity index (χ0n) is 10.7. The van der Waals surface area contributed by atoms with Crippen molar-refractivity contribution in [3.63, 3.8) is 0 Å². The lowest BCUT2D eigenvalue weighted by atomic mass is 9.89. The van der Waals surface area contributed by atoms with Crippen LogP contribution in [-0.2, 0) is 5.41 Å². The summed E-state index contributed by atoms with van der Waals surface area (Å²) in [6, 6.07) is 9.37. The predicted octanol–water partition coefficient (Wildman–Crippen LogP) is 2.78. The fourth-order valence-corrected chi connectivity index (χ4v) is 2.96. The van der Waals surface area contributed by atoms with Crippen LogP contribution in [-0.4, -0.2) is 24.5 Å². The molecule has 0 heterocycles. The van der Waals surface area contributed by atoms with Gasteiger partial charge in [-0.2, -0.15) is 0 Å². The van der Waals surface area contributed by atoms with Crippen LogP contribution in [0.2, 0.25) is 0 Å². The molecule has 0 radical (unpaired) electrons. The summed E-state index contributed by atoms with van der Waals surface area (Å²) < 4.78 is 0. The summed E-state index contributed by atoms with van der Waals surface area (Å²) in [5, 5.41) is 0. The van der Waals surface area contributed by atoms with E-state index >= 15 is 0 Å². The van der Waals surface area contributed by atoms with Gasteiger partial charge in [0, 0.05) is 23.7 Å². The molecular weight excluding hydrogens is 208 g/mol. The molecule has 2 heteroatoms. The Morgan fingerprint density at radius 2 is 1.88 bits per heavy atom. The number of nitrogens with two attached hydrogens (primary N) is 1. The van der Waals surface area contributed by atoms with E-state index in [0.29, 0.717) is 5.41 Å². The average Bonchev–Trinajstić information content (AvgIpc) is 2.97. The minimum atomic E-state index is 0.442. The zero-order valence-corrected chi connectivity index (χ0v) is 10.7. The lowest BCUT2D eigenvalue weighted by molar-refractivity contribution is 0.147. The summed E-state index contributed by atoms with van der Waals surface area (Å²) in [6.07, 6.45) is 6.90. The van der Waals surface area contributed by atoms with Gasteiger partial charge in [-0.1, -0.05) is 18.6 Å². The summed E-state index contributed by atoms with van der Waals surface area (Å²) in [7, 11) is 2.29. The first kappa shape index (κ1) is 11.1. The molecule has 0 spiro atoms. The molecular formula is C15H22N2. The molecule has 0 atom stereocenters. The van der Waals surface area contributed by atoms with Gasteiger partial charge in [-0.15, -0.1) is 0 Å². The van der Waals surface area contributed by atoms with Crippen molar-refractivity contribution in [2.45, 2.75) is 43.6 Å². The molecule has 0 saturated heterocycles. The van der Waals surface area contributed by atoms with Crippen LogP contribution in [0.1, 0.15) is 37.7 Å². The molecule has 2 fully saturated rings. The molecule has 0 aliphatic heterocycles. The molecule has 1 aromatic carbocycles. The average molecular weight is 230 g/mol. The summed E-state index contributed by atoms with van der Waals surface area (Å²) in [5.41, 5.74) is 8.56. The first-order valence-electron chi connectivity index (χ1n) is 6.76. The van der Waals surface area contributed by atoms with Crippen molar-refractivity contribution in [3.8, 4) is 0 Å². The molecule has 0 aromatic heterocycles. The van der Waals surface area contributed by atoms with E-state index in [1.165, 1.54) is 44.2 Å². The van der Waals surface area contributed by atoms with Gasteiger partial charge in [-0.25, -0.2) is 0 Å². The Hall–Kier alpha value is -1.02. The molecule has 2 N–H and O–H groups in total. The molecule has 0 bridgehead atoms. The maximum atomic E-state index is 5.76. The predicted molar refractivity (Wildman–Crippen MR) is 72.0 cm³/mol. The Morgan fingerprint density at radius 1 is 1.24 bits per heavy atom. The second-order valence-corrected chi connectivity index (χ2v) is 5.90. The van der Waals surface area contributed by atoms with Crippen molar-refractivity contribution in [2.24, 2.45) is 0 Å². The maximum absolute atomic E-state index is 5.76. The minimum Gasteiger partial charge on any atom is -0.399 e. The van der Waals surface area contributed by atoms with E-state index in [2.05, 4.69) is 24.1 Å². The maximum Gasteiger partial charge on any atom is 0.0314 e. The highest BCUT2D eigenvalue weighted by molar-refractivity contribution is 5.43. The van der Waals surface area contributed by atoms with Crippen molar-refractivity contribution in [2.75, 3.05) is 19.3 Å². The van der Waals surface area contributed by atoms with Crippen LogP contribution < -0.4 is 5.73 Å². The molecule has 2 aliphatic rings. The van der Waals surface area contributed by atoms with E-state index in [9.17, 15) is 0 Å². The van der Waals surface area contributed by atoms with Gasteiger partial charge < -0.3 is 10.6 Å². The third kappa shape index (κ3) is 2.06. The monoisotopic (exact) mass is 230 g/mol. The van der Waals surface area contributed by atoms with Crippen LogP contribution in [0.4, 0.5) is 5.69 Å². The van der Waals surface area contributed by atoms with Crippen molar-refractivity contribution >= 4 is 5.69 Å². The Balaban J connectivity index is 1.70. The third-order valence-corrected chi connectivity index (χ3v) is 4.63. The van der Waals surface area contributed by atoms with Crippen molar-refractivity contribution in [1.82, 2.24) is 4.90 Å². The van der Waals surface area contributed by atoms with Crippen LogP contribution in [0.15, 0.2) is 24.3 Å². The lowest BCUT2D eigenvalue weighted by Crippen LogP contribution is -2.41. The largest absolute Gasteiger partial charge is 0.399 e. The smallest absolute Gasteiger partial charge is 0.0314 e. The third-order valence-electron chi connectivity index (χ3n) is 4.63. The fourth-order valence-electron chi connectivity index (χ4n) is 2.96.